The first kappa shape index (κ1) is 16.8. The smallest absolute Gasteiger partial charge is 0.242 e. The van der Waals surface area contributed by atoms with Crippen molar-refractivity contribution >= 4 is 22.8 Å². The Hall–Kier alpha value is -2.57. The number of hydrogen-bond acceptors (Lipinski definition) is 4. The summed E-state index contributed by atoms with van der Waals surface area (Å²) in [6.45, 7) is 3.65. The number of amides is 2. The van der Waals surface area contributed by atoms with Gasteiger partial charge in [0.15, 0.2) is 0 Å². The molecule has 2 amide bonds. The van der Waals surface area contributed by atoms with Gasteiger partial charge in [-0.3, -0.25) is 9.59 Å². The van der Waals surface area contributed by atoms with Crippen molar-refractivity contribution in [2.45, 2.75) is 39.3 Å². The van der Waals surface area contributed by atoms with Crippen molar-refractivity contribution in [2.75, 3.05) is 7.11 Å². The van der Waals surface area contributed by atoms with Gasteiger partial charge in [0.25, 0.3) is 0 Å². The minimum Gasteiger partial charge on any atom is -0.497 e. The maximum Gasteiger partial charge on any atom is 0.242 e. The molecule has 7 nitrogen and oxygen atoms in total. The monoisotopic (exact) mass is 318 g/mol. The number of rotatable bonds is 7. The van der Waals surface area contributed by atoms with Crippen LogP contribution in [-0.4, -0.2) is 34.9 Å². The van der Waals surface area contributed by atoms with E-state index in [4.69, 9.17) is 4.74 Å². The number of imidazole rings is 1. The molecule has 2 rings (SSSR count). The summed E-state index contributed by atoms with van der Waals surface area (Å²) in [5, 5.41) is 5.46. The molecule has 0 radical (unpaired) electrons. The van der Waals surface area contributed by atoms with Crippen LogP contribution in [0.4, 0.5) is 0 Å². The van der Waals surface area contributed by atoms with E-state index in [1.165, 1.54) is 6.92 Å². The number of nitrogens with one attached hydrogen (secondary N) is 3. The Bertz CT molecular complexity index is 696. The fourth-order valence-corrected chi connectivity index (χ4v) is 2.35. The van der Waals surface area contributed by atoms with Gasteiger partial charge in [0.1, 0.15) is 17.6 Å². The summed E-state index contributed by atoms with van der Waals surface area (Å²) in [5.74, 6) is 0.972. The molecule has 0 fully saturated rings. The third kappa shape index (κ3) is 4.45. The predicted octanol–water partition coefficient (Wildman–Crippen LogP) is 1.49. The van der Waals surface area contributed by atoms with Crippen molar-refractivity contribution in [3.05, 3.63) is 24.0 Å². The zero-order chi connectivity index (χ0) is 16.8. The summed E-state index contributed by atoms with van der Waals surface area (Å²) < 4.78 is 5.17. The van der Waals surface area contributed by atoms with Crippen LogP contribution in [0.2, 0.25) is 0 Å². The number of carbonyl (C=O) groups excluding carboxylic acids is 2. The fourth-order valence-electron chi connectivity index (χ4n) is 2.35. The largest absolute Gasteiger partial charge is 0.497 e. The number of fused-ring (bicyclic) bond motifs is 1. The molecule has 0 bridgehead atoms. The standard InChI is InChI=1S/C16H22N4O3/c1-4-5-13(18-10(2)21)16(22)17-9-15-19-12-7-6-11(23-3)8-14(12)20-15/h6-8,13H,4-5,9H2,1-3H3,(H,17,22)(H,18,21)(H,19,20). The maximum absolute atomic E-state index is 12.2. The van der Waals surface area contributed by atoms with E-state index in [0.717, 1.165) is 23.2 Å². The molecule has 0 aliphatic carbocycles. The molecular weight excluding hydrogens is 296 g/mol. The Labute approximate surface area is 134 Å². The van der Waals surface area contributed by atoms with Crippen molar-refractivity contribution in [2.24, 2.45) is 0 Å². The van der Waals surface area contributed by atoms with E-state index in [1.54, 1.807) is 7.11 Å². The Morgan fingerprint density at radius 3 is 2.83 bits per heavy atom. The van der Waals surface area contributed by atoms with E-state index in [2.05, 4.69) is 20.6 Å². The third-order valence-electron chi connectivity index (χ3n) is 3.44. The van der Waals surface area contributed by atoms with Crippen LogP contribution in [0.3, 0.4) is 0 Å². The van der Waals surface area contributed by atoms with Crippen molar-refractivity contribution in [1.29, 1.82) is 0 Å². The molecule has 1 heterocycles. The van der Waals surface area contributed by atoms with Gasteiger partial charge in [0.2, 0.25) is 11.8 Å². The van der Waals surface area contributed by atoms with Crippen LogP contribution in [0.15, 0.2) is 18.2 Å². The molecule has 1 unspecified atom stereocenters. The quantitative estimate of drug-likeness (QED) is 0.720. The first-order chi connectivity index (χ1) is 11.0. The lowest BCUT2D eigenvalue weighted by Gasteiger charge is -2.16. The molecule has 1 aromatic heterocycles. The number of benzene rings is 1. The predicted molar refractivity (Wildman–Crippen MR) is 87.0 cm³/mol. The number of aromatic nitrogens is 2. The van der Waals surface area contributed by atoms with Gasteiger partial charge in [-0.15, -0.1) is 0 Å². The van der Waals surface area contributed by atoms with Crippen LogP contribution in [0.1, 0.15) is 32.5 Å². The summed E-state index contributed by atoms with van der Waals surface area (Å²) in [4.78, 5) is 30.9. The molecule has 0 saturated carbocycles. The first-order valence-electron chi connectivity index (χ1n) is 7.61. The molecule has 3 N–H and O–H groups in total. The SMILES string of the molecule is CCCC(NC(C)=O)C(=O)NCc1nc2ccc(OC)cc2[nH]1. The Kier molecular flexibility index (Phi) is 5.56. The average Bonchev–Trinajstić information content (AvgIpc) is 2.93. The molecule has 0 aliphatic rings. The number of methoxy groups -OCH3 is 1. The van der Waals surface area contributed by atoms with E-state index in [-0.39, 0.29) is 18.4 Å². The highest BCUT2D eigenvalue weighted by atomic mass is 16.5. The lowest BCUT2D eigenvalue weighted by Crippen LogP contribution is -2.45. The highest BCUT2D eigenvalue weighted by Gasteiger charge is 2.18. The van der Waals surface area contributed by atoms with Gasteiger partial charge in [0.05, 0.1) is 24.7 Å². The topological polar surface area (TPSA) is 96.1 Å². The number of H-pyrrole nitrogens is 1. The highest BCUT2D eigenvalue weighted by Crippen LogP contribution is 2.18. The second kappa shape index (κ2) is 7.62. The zero-order valence-corrected chi connectivity index (χ0v) is 13.6. The van der Waals surface area contributed by atoms with Crippen molar-refractivity contribution in [3.63, 3.8) is 0 Å². The number of ether oxygens (including phenoxy) is 1. The molecule has 7 heteroatoms. The minimum atomic E-state index is -0.512. The second-order valence-electron chi connectivity index (χ2n) is 5.33. The Morgan fingerprint density at radius 2 is 2.17 bits per heavy atom. The number of carbonyl (C=O) groups is 2. The van der Waals surface area contributed by atoms with E-state index in [9.17, 15) is 9.59 Å². The van der Waals surface area contributed by atoms with Crippen LogP contribution in [-0.2, 0) is 16.1 Å². The molecule has 0 aliphatic heterocycles. The molecular formula is C16H22N4O3. The average molecular weight is 318 g/mol. The van der Waals surface area contributed by atoms with Gasteiger partial charge < -0.3 is 20.4 Å². The molecule has 1 atom stereocenters. The number of aromatic amines is 1. The summed E-state index contributed by atoms with van der Waals surface area (Å²) in [7, 11) is 1.61. The Morgan fingerprint density at radius 1 is 1.39 bits per heavy atom. The number of nitrogens with zero attached hydrogens (tertiary/aromatic N) is 1. The fraction of sp³-hybridized carbons (Fsp3) is 0.438. The highest BCUT2D eigenvalue weighted by molar-refractivity contribution is 5.86. The third-order valence-corrected chi connectivity index (χ3v) is 3.44. The van der Waals surface area contributed by atoms with Gasteiger partial charge in [-0.2, -0.15) is 0 Å². The van der Waals surface area contributed by atoms with E-state index < -0.39 is 6.04 Å². The Balaban J connectivity index is 2.01. The van der Waals surface area contributed by atoms with E-state index in [1.807, 2.05) is 25.1 Å². The summed E-state index contributed by atoms with van der Waals surface area (Å²) in [6, 6.07) is 5.03. The molecule has 1 aromatic carbocycles. The van der Waals surface area contributed by atoms with Gasteiger partial charge in [-0.05, 0) is 18.6 Å². The van der Waals surface area contributed by atoms with Crippen LogP contribution >= 0.6 is 0 Å². The molecule has 0 spiro atoms. The normalized spacial score (nSPS) is 12.0. The summed E-state index contributed by atoms with van der Waals surface area (Å²) >= 11 is 0. The van der Waals surface area contributed by atoms with Gasteiger partial charge in [-0.25, -0.2) is 4.98 Å². The van der Waals surface area contributed by atoms with E-state index in [0.29, 0.717) is 12.2 Å². The number of hydrogen-bond donors (Lipinski definition) is 3. The van der Waals surface area contributed by atoms with E-state index >= 15 is 0 Å². The van der Waals surface area contributed by atoms with Crippen molar-refractivity contribution < 1.29 is 14.3 Å². The van der Waals surface area contributed by atoms with Crippen molar-refractivity contribution in [1.82, 2.24) is 20.6 Å². The van der Waals surface area contributed by atoms with Crippen LogP contribution < -0.4 is 15.4 Å². The summed E-state index contributed by atoms with van der Waals surface area (Å²) in [6.07, 6.45) is 1.41. The van der Waals surface area contributed by atoms with Crippen molar-refractivity contribution in [3.8, 4) is 5.75 Å². The van der Waals surface area contributed by atoms with Crippen LogP contribution in [0, 0.1) is 0 Å². The van der Waals surface area contributed by atoms with Gasteiger partial charge in [0, 0.05) is 13.0 Å². The van der Waals surface area contributed by atoms with Crippen LogP contribution in [0.5, 0.6) is 5.75 Å². The molecule has 0 saturated heterocycles. The molecule has 2 aromatic rings. The van der Waals surface area contributed by atoms with Crippen LogP contribution in [0.25, 0.3) is 11.0 Å². The summed E-state index contributed by atoms with van der Waals surface area (Å²) in [5.41, 5.74) is 1.66. The molecule has 124 valence electrons. The maximum atomic E-state index is 12.2. The zero-order valence-electron chi connectivity index (χ0n) is 13.6. The second-order valence-corrected chi connectivity index (χ2v) is 5.33. The van der Waals surface area contributed by atoms with Gasteiger partial charge in [-0.1, -0.05) is 13.3 Å². The molecule has 23 heavy (non-hydrogen) atoms. The lowest BCUT2D eigenvalue weighted by atomic mass is 10.1. The van der Waals surface area contributed by atoms with Gasteiger partial charge >= 0.3 is 0 Å². The first-order valence-corrected chi connectivity index (χ1v) is 7.61. The minimum absolute atomic E-state index is 0.208. The lowest BCUT2D eigenvalue weighted by molar-refractivity contribution is -0.128.